The van der Waals surface area contributed by atoms with Gasteiger partial charge in [0.15, 0.2) is 0 Å². The molecule has 0 spiro atoms. The molecule has 8 heteroatoms. The van der Waals surface area contributed by atoms with E-state index in [4.69, 9.17) is 16.3 Å². The van der Waals surface area contributed by atoms with Gasteiger partial charge < -0.3 is 14.5 Å². The predicted octanol–water partition coefficient (Wildman–Crippen LogP) is 8.99. The third kappa shape index (κ3) is 7.28. The fourth-order valence-corrected chi connectivity index (χ4v) is 7.22. The Labute approximate surface area is 262 Å². The summed E-state index contributed by atoms with van der Waals surface area (Å²) in [5, 5.41) is 1.41. The second-order valence-corrected chi connectivity index (χ2v) is 13.4. The molecule has 1 saturated carbocycles. The minimum atomic E-state index is -0.578. The summed E-state index contributed by atoms with van der Waals surface area (Å²) < 4.78 is 6.70. The van der Waals surface area contributed by atoms with Crippen LogP contribution in [0.1, 0.15) is 61.7 Å². The van der Waals surface area contributed by atoms with Crippen LogP contribution in [-0.4, -0.2) is 51.0 Å². The van der Waals surface area contributed by atoms with Gasteiger partial charge in [-0.1, -0.05) is 54.1 Å². The van der Waals surface area contributed by atoms with Crippen molar-refractivity contribution < 1.29 is 14.3 Å². The smallest absolute Gasteiger partial charge is 0.410 e. The van der Waals surface area contributed by atoms with Gasteiger partial charge in [-0.15, -0.1) is 17.9 Å². The Morgan fingerprint density at radius 2 is 1.65 bits per heavy atom. The average Bonchev–Trinajstić information content (AvgIpc) is 3.34. The van der Waals surface area contributed by atoms with Gasteiger partial charge in [0.25, 0.3) is 5.91 Å². The number of hydrogen-bond acceptors (Lipinski definition) is 5. The van der Waals surface area contributed by atoms with E-state index in [1.807, 2.05) is 68.1 Å². The number of thiophene rings is 1. The molecule has 2 aromatic heterocycles. The lowest BCUT2D eigenvalue weighted by Gasteiger charge is -2.40. The molecule has 5 rings (SSSR count). The summed E-state index contributed by atoms with van der Waals surface area (Å²) in [4.78, 5) is 35.8. The van der Waals surface area contributed by atoms with E-state index in [1.165, 1.54) is 11.3 Å². The number of pyridine rings is 1. The number of ether oxygens (including phenoxy) is 1. The van der Waals surface area contributed by atoms with E-state index in [-0.39, 0.29) is 24.1 Å². The summed E-state index contributed by atoms with van der Waals surface area (Å²) in [6.07, 6.45) is 8.04. The van der Waals surface area contributed by atoms with Crippen LogP contribution in [0.3, 0.4) is 0 Å². The summed E-state index contributed by atoms with van der Waals surface area (Å²) in [7, 11) is 0. The molecule has 0 unspecified atom stereocenters. The Balaban J connectivity index is 1.41. The van der Waals surface area contributed by atoms with Gasteiger partial charge in [-0.05, 0) is 87.4 Å². The van der Waals surface area contributed by atoms with Gasteiger partial charge in [0, 0.05) is 47.7 Å². The van der Waals surface area contributed by atoms with E-state index in [0.29, 0.717) is 23.0 Å². The third-order valence-corrected chi connectivity index (χ3v) is 9.45. The van der Waals surface area contributed by atoms with E-state index >= 15 is 0 Å². The number of carbonyl (C=O) groups is 2. The number of aromatic nitrogens is 1. The van der Waals surface area contributed by atoms with Crippen LogP contribution in [0.4, 0.5) is 4.79 Å². The van der Waals surface area contributed by atoms with Crippen molar-refractivity contribution in [2.75, 3.05) is 6.54 Å². The summed E-state index contributed by atoms with van der Waals surface area (Å²) in [6, 6.07) is 20.2. The molecule has 0 atom stereocenters. The van der Waals surface area contributed by atoms with Gasteiger partial charge in [0.1, 0.15) is 10.5 Å². The highest BCUT2D eigenvalue weighted by Crippen LogP contribution is 2.38. The van der Waals surface area contributed by atoms with Crippen molar-refractivity contribution in [3.63, 3.8) is 0 Å². The van der Waals surface area contributed by atoms with Crippen LogP contribution in [0, 0.1) is 0 Å². The van der Waals surface area contributed by atoms with Crippen molar-refractivity contribution in [1.29, 1.82) is 0 Å². The zero-order valence-corrected chi connectivity index (χ0v) is 26.5. The maximum Gasteiger partial charge on any atom is 0.410 e. The van der Waals surface area contributed by atoms with Crippen LogP contribution in [0.2, 0.25) is 5.02 Å². The Morgan fingerprint density at radius 1 is 0.977 bits per heavy atom. The fourth-order valence-electron chi connectivity index (χ4n) is 5.75. The molecule has 6 nitrogen and oxygen atoms in total. The maximum atomic E-state index is 14.3. The lowest BCUT2D eigenvalue weighted by molar-refractivity contribution is 0.0106. The predicted molar refractivity (Wildman–Crippen MR) is 176 cm³/mol. The largest absolute Gasteiger partial charge is 0.444 e. The van der Waals surface area contributed by atoms with Crippen LogP contribution in [0.25, 0.3) is 21.2 Å². The number of rotatable bonds is 8. The van der Waals surface area contributed by atoms with Crippen LogP contribution in [-0.2, 0) is 11.3 Å². The molecule has 2 heterocycles. The Hall–Kier alpha value is -3.68. The van der Waals surface area contributed by atoms with Gasteiger partial charge >= 0.3 is 6.09 Å². The lowest BCUT2D eigenvalue weighted by Crippen LogP contribution is -2.48. The first kappa shape index (κ1) is 30.8. The van der Waals surface area contributed by atoms with E-state index in [0.717, 1.165) is 52.5 Å². The average molecular weight is 616 g/mol. The summed E-state index contributed by atoms with van der Waals surface area (Å²) in [5.74, 6) is -0.0564. The third-order valence-electron chi connectivity index (χ3n) is 7.79. The molecule has 0 aliphatic heterocycles. The highest BCUT2D eigenvalue weighted by atomic mass is 35.5. The number of fused-ring (bicyclic) bond motifs is 1. The minimum Gasteiger partial charge on any atom is -0.444 e. The van der Waals surface area contributed by atoms with Crippen LogP contribution < -0.4 is 0 Å². The van der Waals surface area contributed by atoms with Crippen molar-refractivity contribution in [3.05, 3.63) is 101 Å². The SMILES string of the molecule is C=CCN(C(=O)OC(C)(C)C)[C@H]1CC[C@H](N(Cc2cccc(-c3ccncc3)c2)C(=O)c2sc3ccccc3c2Cl)CC1. The molecule has 43 heavy (non-hydrogen) atoms. The zero-order valence-electron chi connectivity index (χ0n) is 25.0. The van der Waals surface area contributed by atoms with E-state index < -0.39 is 5.60 Å². The highest BCUT2D eigenvalue weighted by Gasteiger charge is 2.35. The van der Waals surface area contributed by atoms with Crippen LogP contribution in [0.15, 0.2) is 85.7 Å². The van der Waals surface area contributed by atoms with Gasteiger partial charge in [0.2, 0.25) is 0 Å². The Kier molecular flexibility index (Phi) is 9.52. The molecule has 2 aromatic carbocycles. The molecular weight excluding hydrogens is 578 g/mol. The number of hydrogen-bond donors (Lipinski definition) is 0. The standard InChI is InChI=1S/C35H38ClN3O3S/c1-5-21-38(34(41)42-35(2,3)4)27-13-15-28(16-14-27)39(33(40)32-31(36)29-11-6-7-12-30(29)43-32)23-24-9-8-10-26(22-24)25-17-19-37-20-18-25/h5-12,17-20,22,27-28H,1,13-16,21,23H2,2-4H3/t27-,28-. The molecule has 0 saturated heterocycles. The Bertz CT molecular complexity index is 1590. The molecule has 1 aliphatic carbocycles. The molecule has 0 bridgehead atoms. The lowest BCUT2D eigenvalue weighted by atomic mass is 9.88. The highest BCUT2D eigenvalue weighted by molar-refractivity contribution is 7.21. The van der Waals surface area contributed by atoms with Crippen molar-refractivity contribution in [1.82, 2.24) is 14.8 Å². The summed E-state index contributed by atoms with van der Waals surface area (Å²) >= 11 is 8.27. The first-order chi connectivity index (χ1) is 20.6. The summed E-state index contributed by atoms with van der Waals surface area (Å²) in [6.45, 7) is 10.4. The monoisotopic (exact) mass is 615 g/mol. The molecule has 224 valence electrons. The second kappa shape index (κ2) is 13.3. The van der Waals surface area contributed by atoms with Gasteiger partial charge in [-0.3, -0.25) is 9.78 Å². The number of benzene rings is 2. The van der Waals surface area contributed by atoms with Gasteiger partial charge in [-0.2, -0.15) is 0 Å². The van der Waals surface area contributed by atoms with Crippen molar-refractivity contribution >= 4 is 45.0 Å². The molecule has 0 N–H and O–H groups in total. The molecule has 1 fully saturated rings. The number of halogens is 1. The number of nitrogens with zero attached hydrogens (tertiary/aromatic N) is 3. The molecule has 2 amide bonds. The quantitative estimate of drug-likeness (QED) is 0.186. The van der Waals surface area contributed by atoms with Gasteiger partial charge in [-0.25, -0.2) is 4.79 Å². The Morgan fingerprint density at radius 3 is 2.30 bits per heavy atom. The van der Waals surface area contributed by atoms with E-state index in [9.17, 15) is 9.59 Å². The second-order valence-electron chi connectivity index (χ2n) is 12.0. The van der Waals surface area contributed by atoms with Crippen molar-refractivity contribution in [2.24, 2.45) is 0 Å². The van der Waals surface area contributed by atoms with E-state index in [1.54, 1.807) is 23.4 Å². The van der Waals surface area contributed by atoms with Crippen LogP contribution in [0.5, 0.6) is 0 Å². The van der Waals surface area contributed by atoms with Crippen LogP contribution >= 0.6 is 22.9 Å². The zero-order chi connectivity index (χ0) is 30.6. The number of carbonyl (C=O) groups excluding carboxylic acids is 2. The maximum absolute atomic E-state index is 14.3. The molecule has 4 aromatic rings. The van der Waals surface area contributed by atoms with Crippen molar-refractivity contribution in [3.8, 4) is 11.1 Å². The molecule has 1 aliphatic rings. The first-order valence-electron chi connectivity index (χ1n) is 14.7. The molecule has 0 radical (unpaired) electrons. The topological polar surface area (TPSA) is 62.7 Å². The van der Waals surface area contributed by atoms with Crippen molar-refractivity contribution in [2.45, 2.75) is 70.7 Å². The van der Waals surface area contributed by atoms with Gasteiger partial charge in [0.05, 0.1) is 5.02 Å². The minimum absolute atomic E-state index is 0.00109. The van der Waals surface area contributed by atoms with E-state index in [2.05, 4.69) is 29.8 Å². The number of amides is 2. The normalized spacial score (nSPS) is 16.9. The summed E-state index contributed by atoms with van der Waals surface area (Å²) in [5.41, 5.74) is 2.62. The fraction of sp³-hybridized carbons (Fsp3) is 0.343. The molecular formula is C35H38ClN3O3S. The first-order valence-corrected chi connectivity index (χ1v) is 15.9.